The van der Waals surface area contributed by atoms with Crippen molar-refractivity contribution in [1.29, 1.82) is 0 Å². The first kappa shape index (κ1) is 12.1. The minimum atomic E-state index is -0.435. The largest absolute Gasteiger partial charge is 0.343 e. The zero-order valence-electron chi connectivity index (χ0n) is 9.72. The Labute approximate surface area is 113 Å². The fourth-order valence-corrected chi connectivity index (χ4v) is 2.44. The van der Waals surface area contributed by atoms with Crippen LogP contribution in [0.4, 0.5) is 10.1 Å². The molecule has 0 N–H and O–H groups in total. The molecule has 2 heterocycles. The van der Waals surface area contributed by atoms with Crippen LogP contribution in [0.15, 0.2) is 29.1 Å². The van der Waals surface area contributed by atoms with Gasteiger partial charge in [0.2, 0.25) is 12.3 Å². The Morgan fingerprint density at radius 2 is 2.32 bits per heavy atom. The van der Waals surface area contributed by atoms with E-state index in [0.29, 0.717) is 18.1 Å². The minimum Gasteiger partial charge on any atom is -0.343 e. The van der Waals surface area contributed by atoms with Crippen molar-refractivity contribution in [3.63, 3.8) is 0 Å². The lowest BCUT2D eigenvalue weighted by Crippen LogP contribution is -2.24. The maximum absolute atomic E-state index is 13.0. The number of carbonyl (C=O) groups is 1. The van der Waals surface area contributed by atoms with Crippen molar-refractivity contribution in [1.82, 2.24) is 10.1 Å². The van der Waals surface area contributed by atoms with Crippen molar-refractivity contribution < 1.29 is 13.7 Å². The molecule has 3 rings (SSSR count). The highest BCUT2D eigenvalue weighted by molar-refractivity contribution is 6.33. The van der Waals surface area contributed by atoms with Crippen molar-refractivity contribution in [2.75, 3.05) is 11.4 Å². The van der Waals surface area contributed by atoms with Crippen LogP contribution in [-0.2, 0) is 4.79 Å². The number of anilines is 1. The summed E-state index contributed by atoms with van der Waals surface area (Å²) in [4.78, 5) is 17.5. The van der Waals surface area contributed by atoms with Gasteiger partial charge in [-0.3, -0.25) is 4.79 Å². The van der Waals surface area contributed by atoms with Crippen LogP contribution in [0.2, 0.25) is 5.02 Å². The molecule has 0 radical (unpaired) electrons. The van der Waals surface area contributed by atoms with Gasteiger partial charge in [-0.15, -0.1) is 0 Å². The van der Waals surface area contributed by atoms with E-state index in [4.69, 9.17) is 11.6 Å². The van der Waals surface area contributed by atoms with E-state index in [1.165, 1.54) is 29.5 Å². The zero-order valence-corrected chi connectivity index (χ0v) is 10.5. The SMILES string of the molecule is O=C1CC(c2ncon2)CN1c1ccc(F)cc1Cl. The van der Waals surface area contributed by atoms with Gasteiger partial charge in [-0.2, -0.15) is 4.98 Å². The number of benzene rings is 1. The van der Waals surface area contributed by atoms with Crippen LogP contribution in [0.5, 0.6) is 0 Å². The molecule has 1 aromatic carbocycles. The second-order valence-corrected chi connectivity index (χ2v) is 4.70. The van der Waals surface area contributed by atoms with Crippen LogP contribution in [0.3, 0.4) is 0 Å². The van der Waals surface area contributed by atoms with E-state index in [1.807, 2.05) is 0 Å². The summed E-state index contributed by atoms with van der Waals surface area (Å²) in [5.41, 5.74) is 0.499. The summed E-state index contributed by atoms with van der Waals surface area (Å²) < 4.78 is 17.7. The summed E-state index contributed by atoms with van der Waals surface area (Å²) in [6.45, 7) is 0.406. The summed E-state index contributed by atoms with van der Waals surface area (Å²) >= 11 is 5.96. The molecule has 1 amide bonds. The van der Waals surface area contributed by atoms with Crippen molar-refractivity contribution in [3.8, 4) is 0 Å². The molecule has 1 aromatic heterocycles. The third kappa shape index (κ3) is 2.19. The Balaban J connectivity index is 1.88. The molecular weight excluding hydrogens is 273 g/mol. The van der Waals surface area contributed by atoms with Crippen LogP contribution in [0, 0.1) is 5.82 Å². The maximum Gasteiger partial charge on any atom is 0.227 e. The molecule has 19 heavy (non-hydrogen) atoms. The van der Waals surface area contributed by atoms with E-state index >= 15 is 0 Å². The lowest BCUT2D eigenvalue weighted by molar-refractivity contribution is -0.117. The van der Waals surface area contributed by atoms with E-state index in [2.05, 4.69) is 14.7 Å². The van der Waals surface area contributed by atoms with Gasteiger partial charge >= 0.3 is 0 Å². The molecule has 0 spiro atoms. The van der Waals surface area contributed by atoms with Gasteiger partial charge in [0.05, 0.1) is 10.7 Å². The predicted molar refractivity (Wildman–Crippen MR) is 65.4 cm³/mol. The van der Waals surface area contributed by atoms with Crippen molar-refractivity contribution >= 4 is 23.2 Å². The number of hydrogen-bond donors (Lipinski definition) is 0. The number of rotatable bonds is 2. The fourth-order valence-electron chi connectivity index (χ4n) is 2.17. The second kappa shape index (κ2) is 4.62. The molecule has 0 aliphatic carbocycles. The standard InChI is InChI=1S/C12H9ClFN3O2/c13-9-4-8(14)1-2-10(9)17-5-7(3-11(17)18)12-15-6-19-16-12/h1-2,4,6-7H,3,5H2. The van der Waals surface area contributed by atoms with Gasteiger partial charge in [-0.1, -0.05) is 16.8 Å². The van der Waals surface area contributed by atoms with Crippen LogP contribution < -0.4 is 4.90 Å². The molecular formula is C12H9ClFN3O2. The third-order valence-corrected chi connectivity index (χ3v) is 3.37. The van der Waals surface area contributed by atoms with E-state index in [0.717, 1.165) is 0 Å². The normalized spacial score (nSPS) is 19.2. The van der Waals surface area contributed by atoms with Gasteiger partial charge in [0.15, 0.2) is 5.82 Å². The Morgan fingerprint density at radius 3 is 3.00 bits per heavy atom. The highest BCUT2D eigenvalue weighted by Crippen LogP contribution is 2.34. The van der Waals surface area contributed by atoms with Crippen LogP contribution in [-0.4, -0.2) is 22.6 Å². The molecule has 1 saturated heterocycles. The second-order valence-electron chi connectivity index (χ2n) is 4.29. The van der Waals surface area contributed by atoms with Crippen LogP contribution >= 0.6 is 11.6 Å². The summed E-state index contributed by atoms with van der Waals surface area (Å²) in [7, 11) is 0. The van der Waals surface area contributed by atoms with Crippen molar-refractivity contribution in [2.45, 2.75) is 12.3 Å². The molecule has 0 saturated carbocycles. The zero-order chi connectivity index (χ0) is 13.4. The Hall–Kier alpha value is -1.95. The average molecular weight is 282 g/mol. The number of nitrogens with zero attached hydrogens (tertiary/aromatic N) is 3. The number of carbonyl (C=O) groups excluding carboxylic acids is 1. The van der Waals surface area contributed by atoms with Gasteiger partial charge in [-0.05, 0) is 18.2 Å². The molecule has 1 aliphatic rings. The smallest absolute Gasteiger partial charge is 0.227 e. The van der Waals surface area contributed by atoms with Crippen molar-refractivity contribution in [3.05, 3.63) is 41.3 Å². The Morgan fingerprint density at radius 1 is 1.47 bits per heavy atom. The fraction of sp³-hybridized carbons (Fsp3) is 0.250. The quantitative estimate of drug-likeness (QED) is 0.848. The van der Waals surface area contributed by atoms with Crippen molar-refractivity contribution in [2.24, 2.45) is 0 Å². The van der Waals surface area contributed by atoms with Crippen LogP contribution in [0.1, 0.15) is 18.2 Å². The lowest BCUT2D eigenvalue weighted by atomic mass is 10.1. The predicted octanol–water partition coefficient (Wildman–Crippen LogP) is 2.38. The molecule has 1 atom stereocenters. The third-order valence-electron chi connectivity index (χ3n) is 3.07. The molecule has 0 bridgehead atoms. The highest BCUT2D eigenvalue weighted by atomic mass is 35.5. The number of aromatic nitrogens is 2. The summed E-state index contributed by atoms with van der Waals surface area (Å²) in [6, 6.07) is 3.95. The molecule has 1 aliphatic heterocycles. The number of hydrogen-bond acceptors (Lipinski definition) is 4. The average Bonchev–Trinajstić information content (AvgIpc) is 2.98. The van der Waals surface area contributed by atoms with Crippen LogP contribution in [0.25, 0.3) is 0 Å². The van der Waals surface area contributed by atoms with Gasteiger partial charge in [0, 0.05) is 18.9 Å². The minimum absolute atomic E-state index is 0.0942. The first-order chi connectivity index (χ1) is 9.15. The van der Waals surface area contributed by atoms with Gasteiger partial charge in [0.1, 0.15) is 5.82 Å². The van der Waals surface area contributed by atoms with Gasteiger partial charge < -0.3 is 9.42 Å². The highest BCUT2D eigenvalue weighted by Gasteiger charge is 2.34. The lowest BCUT2D eigenvalue weighted by Gasteiger charge is -2.17. The summed E-state index contributed by atoms with van der Waals surface area (Å²) in [5.74, 6) is -0.167. The maximum atomic E-state index is 13.0. The first-order valence-electron chi connectivity index (χ1n) is 5.67. The van der Waals surface area contributed by atoms with E-state index in [9.17, 15) is 9.18 Å². The van der Waals surface area contributed by atoms with Gasteiger partial charge in [0.25, 0.3) is 0 Å². The summed E-state index contributed by atoms with van der Waals surface area (Å²) in [5, 5.41) is 3.95. The Bertz CT molecular complexity index is 617. The molecule has 1 fully saturated rings. The molecule has 5 nitrogen and oxygen atoms in total. The molecule has 98 valence electrons. The topological polar surface area (TPSA) is 59.2 Å². The summed E-state index contributed by atoms with van der Waals surface area (Å²) in [6.07, 6.45) is 1.51. The monoisotopic (exact) mass is 281 g/mol. The van der Waals surface area contributed by atoms with E-state index in [-0.39, 0.29) is 23.3 Å². The van der Waals surface area contributed by atoms with Gasteiger partial charge in [-0.25, -0.2) is 4.39 Å². The molecule has 7 heteroatoms. The first-order valence-corrected chi connectivity index (χ1v) is 6.04. The number of amides is 1. The van der Waals surface area contributed by atoms with E-state index < -0.39 is 5.82 Å². The van der Waals surface area contributed by atoms with E-state index in [1.54, 1.807) is 0 Å². The number of halogens is 2. The Kier molecular flexibility index (Phi) is 2.94. The molecule has 2 aromatic rings. The molecule has 1 unspecified atom stereocenters.